The molecule has 0 saturated heterocycles. The van der Waals surface area contributed by atoms with Gasteiger partial charge in [-0.2, -0.15) is 8.42 Å². The zero-order valence-corrected chi connectivity index (χ0v) is 17.6. The van der Waals surface area contributed by atoms with Crippen LogP contribution in [0.2, 0.25) is 0 Å². The van der Waals surface area contributed by atoms with E-state index in [1.807, 2.05) is 30.3 Å². The standard InChI is InChI=1S/C13H13N3O2S.C8H19N/c17-19(18,16-13-9-5-2-6-10-13)15-11-14-12-7-3-1-4-8-12;1-3-5-7-9-8-6-4-2/h1-11,16H,(H,14,15);9H,3-8H2,1-2H3. The van der Waals surface area contributed by atoms with Gasteiger partial charge in [0.05, 0.1) is 5.69 Å². The molecule has 0 aliphatic rings. The van der Waals surface area contributed by atoms with Crippen molar-refractivity contribution in [3.05, 3.63) is 60.7 Å². The molecule has 0 saturated carbocycles. The number of nitrogens with one attached hydrogen (secondary N) is 3. The molecule has 0 aromatic heterocycles. The number of nitrogens with zero attached hydrogens (tertiary/aromatic N) is 1. The maximum absolute atomic E-state index is 11.6. The highest BCUT2D eigenvalue weighted by molar-refractivity contribution is 7.91. The summed E-state index contributed by atoms with van der Waals surface area (Å²) in [4.78, 5) is 0. The molecule has 0 aliphatic heterocycles. The molecule has 0 bridgehead atoms. The van der Waals surface area contributed by atoms with Crippen LogP contribution in [-0.4, -0.2) is 27.8 Å². The molecule has 2 rings (SSSR count). The summed E-state index contributed by atoms with van der Waals surface area (Å²) in [6, 6.07) is 17.8. The summed E-state index contributed by atoms with van der Waals surface area (Å²) in [5.74, 6) is 0. The van der Waals surface area contributed by atoms with E-state index < -0.39 is 10.2 Å². The van der Waals surface area contributed by atoms with E-state index in [4.69, 9.17) is 0 Å². The summed E-state index contributed by atoms with van der Waals surface area (Å²) in [7, 11) is -3.75. The van der Waals surface area contributed by atoms with Crippen LogP contribution in [0.3, 0.4) is 0 Å². The average Bonchev–Trinajstić information content (AvgIpc) is 2.69. The van der Waals surface area contributed by atoms with Crippen LogP contribution >= 0.6 is 0 Å². The van der Waals surface area contributed by atoms with Crippen LogP contribution in [-0.2, 0) is 10.2 Å². The fourth-order valence-electron chi connectivity index (χ4n) is 2.11. The lowest BCUT2D eigenvalue weighted by Gasteiger charge is -2.03. The minimum Gasteiger partial charge on any atom is -0.346 e. The molecule has 0 heterocycles. The Morgan fingerprint density at radius 3 is 1.82 bits per heavy atom. The molecule has 0 unspecified atom stereocenters. The Balaban J connectivity index is 0.000000370. The topological polar surface area (TPSA) is 82.6 Å². The highest BCUT2D eigenvalue weighted by Crippen LogP contribution is 2.08. The third-order valence-electron chi connectivity index (χ3n) is 3.63. The van der Waals surface area contributed by atoms with Crippen LogP contribution in [0, 0.1) is 0 Å². The van der Waals surface area contributed by atoms with E-state index in [1.54, 1.807) is 30.3 Å². The first-order valence-electron chi connectivity index (χ1n) is 9.71. The lowest BCUT2D eigenvalue weighted by Crippen LogP contribution is -2.15. The molecule has 2 aromatic rings. The van der Waals surface area contributed by atoms with Gasteiger partial charge in [0.15, 0.2) is 0 Å². The smallest absolute Gasteiger partial charge is 0.343 e. The van der Waals surface area contributed by atoms with Gasteiger partial charge >= 0.3 is 10.2 Å². The maximum atomic E-state index is 11.6. The molecule has 0 aliphatic carbocycles. The molecule has 0 radical (unpaired) electrons. The van der Waals surface area contributed by atoms with Gasteiger partial charge in [0, 0.05) is 5.69 Å². The van der Waals surface area contributed by atoms with E-state index in [-0.39, 0.29) is 0 Å². The maximum Gasteiger partial charge on any atom is 0.343 e. The summed E-state index contributed by atoms with van der Waals surface area (Å²) in [5.41, 5.74) is 1.24. The number of rotatable bonds is 11. The lowest BCUT2D eigenvalue weighted by atomic mass is 10.3. The predicted octanol–water partition coefficient (Wildman–Crippen LogP) is 4.66. The number of hydrogen-bond donors (Lipinski definition) is 3. The molecule has 0 atom stereocenters. The third-order valence-corrected chi connectivity index (χ3v) is 4.51. The van der Waals surface area contributed by atoms with E-state index in [2.05, 4.69) is 33.6 Å². The first-order chi connectivity index (χ1) is 13.6. The average molecular weight is 405 g/mol. The van der Waals surface area contributed by atoms with Crippen molar-refractivity contribution in [2.24, 2.45) is 4.40 Å². The Kier molecular flexibility index (Phi) is 12.4. The number of para-hydroxylation sites is 2. The predicted molar refractivity (Wildman–Crippen MR) is 120 cm³/mol. The first kappa shape index (κ1) is 23.7. The van der Waals surface area contributed by atoms with Crippen molar-refractivity contribution in [1.82, 2.24) is 5.32 Å². The van der Waals surface area contributed by atoms with Gasteiger partial charge in [0.2, 0.25) is 0 Å². The second-order valence-corrected chi connectivity index (χ2v) is 7.51. The third kappa shape index (κ3) is 12.1. The van der Waals surface area contributed by atoms with Crippen molar-refractivity contribution in [3.8, 4) is 0 Å². The Hall–Kier alpha value is -2.38. The Bertz CT molecular complexity index is 744. The molecule has 28 heavy (non-hydrogen) atoms. The summed E-state index contributed by atoms with van der Waals surface area (Å²) in [6.07, 6.45) is 6.40. The fourth-order valence-corrected chi connectivity index (χ4v) is 2.79. The van der Waals surface area contributed by atoms with E-state index in [1.165, 1.54) is 38.8 Å². The van der Waals surface area contributed by atoms with Gasteiger partial charge in [-0.1, -0.05) is 63.1 Å². The minimum absolute atomic E-state index is 0.472. The number of unbranched alkanes of at least 4 members (excludes halogenated alkanes) is 2. The van der Waals surface area contributed by atoms with Crippen molar-refractivity contribution >= 4 is 27.9 Å². The van der Waals surface area contributed by atoms with E-state index >= 15 is 0 Å². The summed E-state index contributed by atoms with van der Waals surface area (Å²) < 4.78 is 29.1. The fraction of sp³-hybridized carbons (Fsp3) is 0.381. The van der Waals surface area contributed by atoms with Crippen LogP contribution in [0.5, 0.6) is 0 Å². The second-order valence-electron chi connectivity index (χ2n) is 6.15. The van der Waals surface area contributed by atoms with Crippen molar-refractivity contribution in [1.29, 1.82) is 0 Å². The number of hydrogen-bond acceptors (Lipinski definition) is 3. The van der Waals surface area contributed by atoms with E-state index in [0.717, 1.165) is 12.0 Å². The largest absolute Gasteiger partial charge is 0.346 e. The Morgan fingerprint density at radius 2 is 1.32 bits per heavy atom. The van der Waals surface area contributed by atoms with E-state index in [0.29, 0.717) is 5.69 Å². The van der Waals surface area contributed by atoms with Crippen molar-refractivity contribution in [2.75, 3.05) is 23.1 Å². The summed E-state index contributed by atoms with van der Waals surface area (Å²) in [6.45, 7) is 6.86. The van der Waals surface area contributed by atoms with Gasteiger partial charge in [-0.3, -0.25) is 4.72 Å². The molecule has 7 heteroatoms. The molecular weight excluding hydrogens is 372 g/mol. The molecule has 0 fully saturated rings. The lowest BCUT2D eigenvalue weighted by molar-refractivity contribution is 0.603. The van der Waals surface area contributed by atoms with Crippen molar-refractivity contribution in [3.63, 3.8) is 0 Å². The quantitative estimate of drug-likeness (QED) is 0.289. The highest BCUT2D eigenvalue weighted by Gasteiger charge is 2.05. The molecule has 0 amide bonds. The Morgan fingerprint density at radius 1 is 0.821 bits per heavy atom. The first-order valence-corrected chi connectivity index (χ1v) is 11.1. The van der Waals surface area contributed by atoms with E-state index in [9.17, 15) is 8.42 Å². The van der Waals surface area contributed by atoms with Crippen LogP contribution in [0.15, 0.2) is 65.1 Å². The molecule has 154 valence electrons. The SMILES string of the molecule is CCCCNCCCC.O=S(=O)(/N=C/Nc1ccccc1)Nc1ccccc1. The van der Waals surface area contributed by atoms with Gasteiger partial charge in [0.1, 0.15) is 6.34 Å². The van der Waals surface area contributed by atoms with Gasteiger partial charge in [-0.15, -0.1) is 4.40 Å². The summed E-state index contributed by atoms with van der Waals surface area (Å²) >= 11 is 0. The van der Waals surface area contributed by atoms with Crippen molar-refractivity contribution < 1.29 is 8.42 Å². The monoisotopic (exact) mass is 404 g/mol. The zero-order valence-electron chi connectivity index (χ0n) is 16.8. The van der Waals surface area contributed by atoms with Crippen LogP contribution in [0.4, 0.5) is 11.4 Å². The summed E-state index contributed by atoms with van der Waals surface area (Å²) in [5, 5.41) is 6.16. The van der Waals surface area contributed by atoms with Crippen LogP contribution < -0.4 is 15.4 Å². The molecule has 2 aromatic carbocycles. The zero-order chi connectivity index (χ0) is 20.5. The van der Waals surface area contributed by atoms with Gasteiger partial charge in [-0.25, -0.2) is 0 Å². The minimum atomic E-state index is -3.75. The number of benzene rings is 2. The highest BCUT2D eigenvalue weighted by atomic mass is 32.2. The number of anilines is 2. The normalized spacial score (nSPS) is 10.9. The van der Waals surface area contributed by atoms with Gasteiger partial charge in [0.25, 0.3) is 0 Å². The second kappa shape index (κ2) is 14.6. The Labute approximate surface area is 169 Å². The van der Waals surface area contributed by atoms with Crippen LogP contribution in [0.1, 0.15) is 39.5 Å². The van der Waals surface area contributed by atoms with Crippen molar-refractivity contribution in [2.45, 2.75) is 39.5 Å². The van der Waals surface area contributed by atoms with Gasteiger partial charge < -0.3 is 10.6 Å². The molecule has 6 nitrogen and oxygen atoms in total. The van der Waals surface area contributed by atoms with Crippen LogP contribution in [0.25, 0.3) is 0 Å². The van der Waals surface area contributed by atoms with Gasteiger partial charge in [-0.05, 0) is 50.2 Å². The molecule has 3 N–H and O–H groups in total. The molecule has 0 spiro atoms. The molecular formula is C21H32N4O2S.